The monoisotopic (exact) mass is 298 g/mol. The molecule has 21 heavy (non-hydrogen) atoms. The Morgan fingerprint density at radius 1 is 1.10 bits per heavy atom. The summed E-state index contributed by atoms with van der Waals surface area (Å²) in [5.74, 6) is 0.226. The van der Waals surface area contributed by atoms with Gasteiger partial charge in [0.25, 0.3) is 0 Å². The van der Waals surface area contributed by atoms with Gasteiger partial charge in [-0.2, -0.15) is 0 Å². The third-order valence-electron chi connectivity index (χ3n) is 4.52. The molecule has 2 aromatic rings. The summed E-state index contributed by atoms with van der Waals surface area (Å²) in [4.78, 5) is 16.2. The van der Waals surface area contributed by atoms with Crippen LogP contribution < -0.4 is 5.32 Å². The van der Waals surface area contributed by atoms with Crippen molar-refractivity contribution < 1.29 is 4.79 Å². The molecule has 2 aliphatic rings. The van der Waals surface area contributed by atoms with Crippen molar-refractivity contribution in [3.8, 4) is 0 Å². The molecule has 108 valence electrons. The van der Waals surface area contributed by atoms with Gasteiger partial charge in [0.1, 0.15) is 12.2 Å². The average Bonchev–Trinajstić information content (AvgIpc) is 3.08. The first kappa shape index (κ1) is 13.0. The largest absolute Gasteiger partial charge is 0.317 e. The van der Waals surface area contributed by atoms with Crippen molar-refractivity contribution in [3.05, 3.63) is 58.3 Å². The molecule has 4 rings (SSSR count). The Morgan fingerprint density at radius 2 is 1.90 bits per heavy atom. The number of hydrogen-bond acceptors (Lipinski definition) is 3. The minimum absolute atomic E-state index is 0.0352. The van der Waals surface area contributed by atoms with Gasteiger partial charge in [-0.3, -0.25) is 10.1 Å². The number of hydrogen-bond donors (Lipinski definition) is 1. The summed E-state index contributed by atoms with van der Waals surface area (Å²) in [5.41, 5.74) is 1.06. The van der Waals surface area contributed by atoms with Crippen LogP contribution in [-0.2, 0) is 4.79 Å². The molecule has 1 aliphatic heterocycles. The number of nitrogens with zero attached hydrogens (tertiary/aromatic N) is 1. The fourth-order valence-corrected chi connectivity index (χ4v) is 3.97. The quantitative estimate of drug-likeness (QED) is 0.941. The van der Waals surface area contributed by atoms with Gasteiger partial charge in [-0.25, -0.2) is 0 Å². The Bertz CT molecular complexity index is 622. The third kappa shape index (κ3) is 2.19. The lowest BCUT2D eigenvalue weighted by molar-refractivity contribution is -0.134. The Morgan fingerprint density at radius 3 is 2.52 bits per heavy atom. The molecule has 2 heterocycles. The highest BCUT2D eigenvalue weighted by Gasteiger charge is 2.45. The normalized spacial score (nSPS) is 26.1. The molecule has 1 saturated carbocycles. The van der Waals surface area contributed by atoms with Crippen LogP contribution in [-0.4, -0.2) is 16.8 Å². The maximum absolute atomic E-state index is 12.9. The zero-order valence-electron chi connectivity index (χ0n) is 11.7. The van der Waals surface area contributed by atoms with Crippen molar-refractivity contribution in [2.24, 2.45) is 0 Å². The van der Waals surface area contributed by atoms with Gasteiger partial charge in [0.15, 0.2) is 0 Å². The summed E-state index contributed by atoms with van der Waals surface area (Å²) in [7, 11) is 0. The molecule has 2 atom stereocenters. The van der Waals surface area contributed by atoms with E-state index in [1.54, 1.807) is 11.3 Å². The Hall–Kier alpha value is -1.65. The molecule has 0 radical (unpaired) electrons. The summed E-state index contributed by atoms with van der Waals surface area (Å²) in [5, 5.41) is 5.63. The minimum Gasteiger partial charge on any atom is -0.317 e. The van der Waals surface area contributed by atoms with Gasteiger partial charge < -0.3 is 4.90 Å². The van der Waals surface area contributed by atoms with Crippen molar-refractivity contribution in [1.29, 1.82) is 0 Å². The predicted molar refractivity (Wildman–Crippen MR) is 83.9 cm³/mol. The van der Waals surface area contributed by atoms with Gasteiger partial charge in [0.05, 0.1) is 0 Å². The number of amides is 1. The average molecular weight is 298 g/mol. The number of carbonyl (C=O) groups excluding carboxylic acids is 1. The minimum atomic E-state index is -0.209. The summed E-state index contributed by atoms with van der Waals surface area (Å²) in [6, 6.07) is 14.4. The topological polar surface area (TPSA) is 32.3 Å². The lowest BCUT2D eigenvalue weighted by Gasteiger charge is -2.37. The van der Waals surface area contributed by atoms with Crippen molar-refractivity contribution in [3.63, 3.8) is 0 Å². The maximum Gasteiger partial charge on any atom is 0.246 e. The summed E-state index contributed by atoms with van der Waals surface area (Å²) in [6.45, 7) is 0. The smallest absolute Gasteiger partial charge is 0.246 e. The van der Waals surface area contributed by atoms with Crippen LogP contribution in [0.5, 0.6) is 0 Å². The van der Waals surface area contributed by atoms with Crippen LogP contribution in [0.3, 0.4) is 0 Å². The van der Waals surface area contributed by atoms with Gasteiger partial charge >= 0.3 is 0 Å². The van der Waals surface area contributed by atoms with E-state index in [-0.39, 0.29) is 18.1 Å². The van der Waals surface area contributed by atoms with Crippen LogP contribution in [0.25, 0.3) is 0 Å². The molecule has 1 N–H and O–H groups in total. The Kier molecular flexibility index (Phi) is 3.28. The first-order valence-electron chi connectivity index (χ1n) is 7.51. The molecular formula is C17H18N2OS. The van der Waals surface area contributed by atoms with E-state index in [0.717, 1.165) is 18.4 Å². The molecule has 0 bridgehead atoms. The van der Waals surface area contributed by atoms with Crippen LogP contribution in [0.1, 0.15) is 41.9 Å². The molecule has 0 spiro atoms. The molecule has 4 heteroatoms. The third-order valence-corrected chi connectivity index (χ3v) is 5.44. The summed E-state index contributed by atoms with van der Waals surface area (Å²) < 4.78 is 0. The van der Waals surface area contributed by atoms with Crippen molar-refractivity contribution >= 4 is 17.2 Å². The second-order valence-electron chi connectivity index (χ2n) is 5.76. The zero-order chi connectivity index (χ0) is 14.2. The van der Waals surface area contributed by atoms with E-state index in [1.807, 2.05) is 30.3 Å². The van der Waals surface area contributed by atoms with Gasteiger partial charge in [-0.15, -0.1) is 11.3 Å². The molecule has 2 fully saturated rings. The molecule has 1 saturated heterocycles. The lowest BCUT2D eigenvalue weighted by Crippen LogP contribution is -2.43. The highest BCUT2D eigenvalue weighted by Crippen LogP contribution is 2.40. The van der Waals surface area contributed by atoms with Crippen molar-refractivity contribution in [1.82, 2.24) is 10.2 Å². The second-order valence-corrected chi connectivity index (χ2v) is 6.74. The van der Waals surface area contributed by atoms with Crippen LogP contribution in [0.4, 0.5) is 0 Å². The summed E-state index contributed by atoms with van der Waals surface area (Å²) in [6.07, 6.45) is 3.54. The predicted octanol–water partition coefficient (Wildman–Crippen LogP) is 3.47. The second kappa shape index (κ2) is 5.28. The Balaban J connectivity index is 1.68. The number of carbonyl (C=O) groups is 1. The number of benzene rings is 1. The van der Waals surface area contributed by atoms with E-state index in [2.05, 4.69) is 27.7 Å². The van der Waals surface area contributed by atoms with E-state index >= 15 is 0 Å². The molecule has 1 aliphatic carbocycles. The molecule has 1 aromatic carbocycles. The number of nitrogens with one attached hydrogen (secondary N) is 1. The van der Waals surface area contributed by atoms with Crippen LogP contribution in [0.2, 0.25) is 0 Å². The highest BCUT2D eigenvalue weighted by molar-refractivity contribution is 7.10. The van der Waals surface area contributed by atoms with Crippen molar-refractivity contribution in [2.75, 3.05) is 0 Å². The zero-order valence-corrected chi connectivity index (χ0v) is 12.6. The highest BCUT2D eigenvalue weighted by atomic mass is 32.1. The van der Waals surface area contributed by atoms with E-state index < -0.39 is 0 Å². The molecule has 1 amide bonds. The molecule has 3 nitrogen and oxygen atoms in total. The lowest BCUT2D eigenvalue weighted by atomic mass is 9.91. The van der Waals surface area contributed by atoms with Crippen LogP contribution in [0, 0.1) is 0 Å². The number of thiophene rings is 1. The van der Waals surface area contributed by atoms with E-state index in [1.165, 1.54) is 11.3 Å². The summed E-state index contributed by atoms with van der Waals surface area (Å²) >= 11 is 1.72. The van der Waals surface area contributed by atoms with E-state index in [4.69, 9.17) is 0 Å². The van der Waals surface area contributed by atoms with Gasteiger partial charge in [0.2, 0.25) is 5.91 Å². The fourth-order valence-electron chi connectivity index (χ4n) is 3.19. The fraction of sp³-hybridized carbons (Fsp3) is 0.353. The van der Waals surface area contributed by atoms with Gasteiger partial charge in [-0.1, -0.05) is 36.4 Å². The van der Waals surface area contributed by atoms with Gasteiger partial charge in [0, 0.05) is 10.9 Å². The molecule has 1 aromatic heterocycles. The molecular weight excluding hydrogens is 280 g/mol. The first-order valence-corrected chi connectivity index (χ1v) is 8.39. The van der Waals surface area contributed by atoms with E-state index in [0.29, 0.717) is 6.04 Å². The first-order chi connectivity index (χ1) is 10.3. The van der Waals surface area contributed by atoms with E-state index in [9.17, 15) is 4.79 Å². The van der Waals surface area contributed by atoms with Crippen molar-refractivity contribution in [2.45, 2.75) is 37.5 Å². The SMILES string of the molecule is O=C1C(c2ccccc2)NC(c2cccs2)N1C1CCC1. The Labute approximate surface area is 128 Å². The van der Waals surface area contributed by atoms with Gasteiger partial charge in [-0.05, 0) is 36.3 Å². The standard InChI is InChI=1S/C17H18N2OS/c20-17-15(12-6-2-1-3-7-12)18-16(14-10-5-11-21-14)19(17)13-8-4-9-13/h1-3,5-7,10-11,13,15-16,18H,4,8-9H2. The maximum atomic E-state index is 12.9. The number of rotatable bonds is 3. The van der Waals surface area contributed by atoms with Crippen LogP contribution in [0.15, 0.2) is 47.8 Å². The molecule has 2 unspecified atom stereocenters. The van der Waals surface area contributed by atoms with Crippen LogP contribution >= 0.6 is 11.3 Å².